The van der Waals surface area contributed by atoms with Crippen LogP contribution in [0.4, 0.5) is 0 Å². The molecular weight excluding hydrogens is 316 g/mol. The van der Waals surface area contributed by atoms with Crippen molar-refractivity contribution in [3.63, 3.8) is 0 Å². The maximum atomic E-state index is 12.4. The van der Waals surface area contributed by atoms with Crippen molar-refractivity contribution in [1.82, 2.24) is 20.3 Å². The first-order valence-corrected chi connectivity index (χ1v) is 11.6. The molecule has 0 spiro atoms. The first-order chi connectivity index (χ1) is 10.5. The summed E-state index contributed by atoms with van der Waals surface area (Å²) in [6.45, 7) is 5.55. The van der Waals surface area contributed by atoms with E-state index in [1.54, 1.807) is 7.11 Å². The molecule has 1 aliphatic rings. The van der Waals surface area contributed by atoms with Crippen molar-refractivity contribution in [1.29, 1.82) is 0 Å². The number of hydrogen-bond acceptors (Lipinski definition) is 5. The van der Waals surface area contributed by atoms with Gasteiger partial charge >= 0.3 is 0 Å². The molecule has 0 unspecified atom stereocenters. The number of nitrogens with one attached hydrogen (secondary N) is 3. The molecule has 2 aromatic heterocycles. The summed E-state index contributed by atoms with van der Waals surface area (Å²) in [6.07, 6.45) is 2.21. The van der Waals surface area contributed by atoms with Gasteiger partial charge in [0.1, 0.15) is 13.9 Å². The summed E-state index contributed by atoms with van der Waals surface area (Å²) in [5, 5.41) is 3.73. The molecule has 3 rings (SSSR count). The number of aromatic nitrogens is 2. The van der Waals surface area contributed by atoms with Gasteiger partial charge in [-0.1, -0.05) is 30.9 Å². The lowest BCUT2D eigenvalue weighted by Gasteiger charge is -2.22. The zero-order valence-corrected chi connectivity index (χ0v) is 15.0. The lowest BCUT2D eigenvalue weighted by atomic mass is 10.1. The maximum absolute atomic E-state index is 12.4. The van der Waals surface area contributed by atoms with Crippen LogP contribution in [-0.2, 0) is 0 Å². The van der Waals surface area contributed by atoms with Crippen LogP contribution in [0.1, 0.15) is 23.3 Å². The number of nitrogens with zero attached hydrogens (tertiary/aromatic N) is 1. The van der Waals surface area contributed by atoms with Gasteiger partial charge in [-0.3, -0.25) is 4.79 Å². The molecule has 0 aliphatic carbocycles. The van der Waals surface area contributed by atoms with Gasteiger partial charge in [0, 0.05) is 12.6 Å². The standard InChI is InChI=1S/C14H22N4O2SSi/c1-20-14-18-12-11(21-14)7-10(17-12)13(19)16-9-5-4-6-22(2,3)15-8-9/h7,9,15,17H,4-6,8H2,1-3H3,(H,16,19)/t9-/m0/s1. The fourth-order valence-electron chi connectivity index (χ4n) is 2.77. The van der Waals surface area contributed by atoms with Crippen molar-refractivity contribution in [2.45, 2.75) is 38.0 Å². The van der Waals surface area contributed by atoms with Crippen LogP contribution >= 0.6 is 11.3 Å². The number of H-pyrrole nitrogens is 1. The SMILES string of the molecule is COc1nc2[nH]c(C(=O)N[C@H]3CCC[Si](C)(C)NC3)cc2s1. The summed E-state index contributed by atoms with van der Waals surface area (Å²) < 4.78 is 6.03. The molecular formula is C14H22N4O2SSi. The second kappa shape index (κ2) is 6.02. The summed E-state index contributed by atoms with van der Waals surface area (Å²) in [7, 11) is 0.322. The Morgan fingerprint density at radius 1 is 1.55 bits per heavy atom. The van der Waals surface area contributed by atoms with Gasteiger partial charge < -0.3 is 20.0 Å². The Balaban J connectivity index is 1.66. The van der Waals surface area contributed by atoms with Crippen molar-refractivity contribution in [3.05, 3.63) is 11.8 Å². The summed E-state index contributed by atoms with van der Waals surface area (Å²) in [5.41, 5.74) is 1.27. The van der Waals surface area contributed by atoms with Crippen molar-refractivity contribution in [2.24, 2.45) is 0 Å². The van der Waals surface area contributed by atoms with E-state index >= 15 is 0 Å². The Morgan fingerprint density at radius 3 is 3.09 bits per heavy atom. The largest absolute Gasteiger partial charge is 0.473 e. The number of ether oxygens (including phenoxy) is 1. The van der Waals surface area contributed by atoms with Crippen molar-refractivity contribution in [3.8, 4) is 5.19 Å². The Hall–Kier alpha value is -1.38. The van der Waals surface area contributed by atoms with Crippen LogP contribution in [0.3, 0.4) is 0 Å². The van der Waals surface area contributed by atoms with Crippen molar-refractivity contribution < 1.29 is 9.53 Å². The number of aromatic amines is 1. The summed E-state index contributed by atoms with van der Waals surface area (Å²) in [6, 6.07) is 3.31. The van der Waals surface area contributed by atoms with Crippen LogP contribution < -0.4 is 15.0 Å². The number of carbonyl (C=O) groups is 1. The molecule has 22 heavy (non-hydrogen) atoms. The van der Waals surface area contributed by atoms with Crippen molar-refractivity contribution in [2.75, 3.05) is 13.7 Å². The molecule has 3 heterocycles. The smallest absolute Gasteiger partial charge is 0.275 e. The third-order valence-electron chi connectivity index (χ3n) is 4.10. The number of amides is 1. The summed E-state index contributed by atoms with van der Waals surface area (Å²) in [5.74, 6) is -0.0580. The van der Waals surface area contributed by atoms with Gasteiger partial charge in [-0.15, -0.1) is 0 Å². The number of rotatable bonds is 3. The first-order valence-electron chi connectivity index (χ1n) is 7.56. The van der Waals surface area contributed by atoms with Gasteiger partial charge in [-0.25, -0.2) is 0 Å². The van der Waals surface area contributed by atoms with E-state index in [0.717, 1.165) is 17.7 Å². The van der Waals surface area contributed by atoms with E-state index in [1.807, 2.05) is 6.07 Å². The number of methoxy groups -OCH3 is 1. The third kappa shape index (κ3) is 3.34. The molecule has 0 radical (unpaired) electrons. The predicted octanol–water partition coefficient (Wildman–Crippen LogP) is 2.32. The van der Waals surface area contributed by atoms with Gasteiger partial charge in [0.2, 0.25) is 0 Å². The van der Waals surface area contributed by atoms with E-state index in [2.05, 4.69) is 33.4 Å². The molecule has 1 saturated heterocycles. The molecule has 0 bridgehead atoms. The van der Waals surface area contributed by atoms with Crippen LogP contribution in [0.2, 0.25) is 19.1 Å². The van der Waals surface area contributed by atoms with Crippen LogP contribution in [0, 0.1) is 0 Å². The van der Waals surface area contributed by atoms with E-state index < -0.39 is 8.24 Å². The molecule has 1 amide bonds. The van der Waals surface area contributed by atoms with Crippen LogP contribution in [0.5, 0.6) is 5.19 Å². The van der Waals surface area contributed by atoms with Crippen molar-refractivity contribution >= 4 is 35.8 Å². The highest BCUT2D eigenvalue weighted by atomic mass is 32.1. The highest BCUT2D eigenvalue weighted by Gasteiger charge is 2.26. The third-order valence-corrected chi connectivity index (χ3v) is 7.83. The lowest BCUT2D eigenvalue weighted by Crippen LogP contribution is -2.49. The average molecular weight is 339 g/mol. The highest BCUT2D eigenvalue weighted by molar-refractivity contribution is 7.20. The molecule has 3 N–H and O–H groups in total. The molecule has 1 atom stereocenters. The van der Waals surface area contributed by atoms with Crippen LogP contribution in [0.25, 0.3) is 10.3 Å². The summed E-state index contributed by atoms with van der Waals surface area (Å²) >= 11 is 1.43. The fraction of sp³-hybridized carbons (Fsp3) is 0.571. The van der Waals surface area contributed by atoms with Gasteiger partial charge in [-0.2, -0.15) is 4.98 Å². The van der Waals surface area contributed by atoms with E-state index in [-0.39, 0.29) is 11.9 Å². The molecule has 0 aromatic carbocycles. The number of carbonyl (C=O) groups excluding carboxylic acids is 1. The number of thiazole rings is 1. The number of hydrogen-bond donors (Lipinski definition) is 3. The van der Waals surface area contributed by atoms with Crippen LogP contribution in [-0.4, -0.2) is 43.8 Å². The predicted molar refractivity (Wildman–Crippen MR) is 91.3 cm³/mol. The quantitative estimate of drug-likeness (QED) is 0.751. The molecule has 1 aliphatic heterocycles. The van der Waals surface area contributed by atoms with Gasteiger partial charge in [0.25, 0.3) is 11.1 Å². The molecule has 2 aromatic rings. The fourth-order valence-corrected chi connectivity index (χ4v) is 5.61. The molecule has 6 nitrogen and oxygen atoms in total. The zero-order valence-electron chi connectivity index (χ0n) is 13.2. The average Bonchev–Trinajstić information content (AvgIpc) is 2.97. The summed E-state index contributed by atoms with van der Waals surface area (Å²) in [4.78, 5) is 23.4. The molecule has 0 saturated carbocycles. The minimum atomic E-state index is -1.27. The minimum Gasteiger partial charge on any atom is -0.473 e. The second-order valence-corrected chi connectivity index (χ2v) is 12.0. The van der Waals surface area contributed by atoms with Gasteiger partial charge in [0.15, 0.2) is 5.65 Å². The topological polar surface area (TPSA) is 79.0 Å². The maximum Gasteiger partial charge on any atom is 0.275 e. The van der Waals surface area contributed by atoms with E-state index in [9.17, 15) is 4.79 Å². The minimum absolute atomic E-state index is 0.0580. The molecule has 8 heteroatoms. The van der Waals surface area contributed by atoms with E-state index in [4.69, 9.17) is 4.74 Å². The Labute approximate surface area is 134 Å². The number of fused-ring (bicyclic) bond motifs is 1. The van der Waals surface area contributed by atoms with Gasteiger partial charge in [0.05, 0.1) is 11.8 Å². The lowest BCUT2D eigenvalue weighted by molar-refractivity contribution is 0.0931. The highest BCUT2D eigenvalue weighted by Crippen LogP contribution is 2.27. The van der Waals surface area contributed by atoms with E-state index in [1.165, 1.54) is 23.8 Å². The molecule has 120 valence electrons. The van der Waals surface area contributed by atoms with E-state index in [0.29, 0.717) is 16.5 Å². The van der Waals surface area contributed by atoms with Crippen LogP contribution in [0.15, 0.2) is 6.07 Å². The Bertz CT molecular complexity index is 650. The monoisotopic (exact) mass is 338 g/mol. The normalized spacial score (nSPS) is 21.5. The molecule has 1 fully saturated rings. The van der Waals surface area contributed by atoms with Gasteiger partial charge in [-0.05, 0) is 18.5 Å². The zero-order chi connectivity index (χ0) is 15.7. The Morgan fingerprint density at radius 2 is 2.36 bits per heavy atom. The second-order valence-electron chi connectivity index (χ2n) is 6.41. The Kier molecular flexibility index (Phi) is 4.24. The first kappa shape index (κ1) is 15.5.